The predicted molar refractivity (Wildman–Crippen MR) is 75.2 cm³/mol. The topological polar surface area (TPSA) is 20.3 Å². The minimum absolute atomic E-state index is 0.540. The first kappa shape index (κ1) is 11.9. The number of carbonyl (C=O) groups is 1. The average Bonchev–Trinajstić information content (AvgIpc) is 2.37. The molecule has 0 aliphatic carbocycles. The zero-order valence-electron chi connectivity index (χ0n) is 9.06. The molecule has 5 heteroatoms. The van der Waals surface area contributed by atoms with Crippen molar-refractivity contribution in [3.05, 3.63) is 46.4 Å². The summed E-state index contributed by atoms with van der Waals surface area (Å²) in [5, 5.41) is 1.08. The number of rotatable bonds is 1. The first-order valence-corrected chi connectivity index (χ1v) is 6.79. The summed E-state index contributed by atoms with van der Waals surface area (Å²) in [5.74, 6) is 0. The monoisotopic (exact) mass is 295 g/mol. The minimum atomic E-state index is 0.540. The highest BCUT2D eigenvalue weighted by atomic mass is 35.5. The van der Waals surface area contributed by atoms with Gasteiger partial charge in [-0.2, -0.15) is 0 Å². The van der Waals surface area contributed by atoms with Gasteiger partial charge in [-0.05, 0) is 24.3 Å². The lowest BCUT2D eigenvalue weighted by Gasteiger charge is -2.29. The number of para-hydroxylation sites is 2. The summed E-state index contributed by atoms with van der Waals surface area (Å²) in [4.78, 5) is 14.8. The molecule has 0 saturated heterocycles. The molecule has 2 nitrogen and oxygen atoms in total. The standard InChI is InChI=1S/C13H7Cl2NOS/c14-8-3-1-5-10-12(8)16(7-17)13-9(15)4-2-6-11(13)18-10/h1-7H. The number of hydrogen-bond donors (Lipinski definition) is 0. The third-order valence-corrected chi connectivity index (χ3v) is 4.42. The van der Waals surface area contributed by atoms with Crippen LogP contribution in [0.4, 0.5) is 11.4 Å². The Kier molecular flexibility index (Phi) is 2.98. The van der Waals surface area contributed by atoms with Crippen LogP contribution in [0.3, 0.4) is 0 Å². The number of carbonyl (C=O) groups excluding carboxylic acids is 1. The molecule has 90 valence electrons. The van der Waals surface area contributed by atoms with E-state index in [-0.39, 0.29) is 0 Å². The molecule has 0 fully saturated rings. The van der Waals surface area contributed by atoms with E-state index in [9.17, 15) is 4.79 Å². The maximum absolute atomic E-state index is 11.4. The summed E-state index contributed by atoms with van der Waals surface area (Å²) in [5.41, 5.74) is 1.39. The number of anilines is 2. The summed E-state index contributed by atoms with van der Waals surface area (Å²) in [6, 6.07) is 11.1. The Balaban J connectivity index is 2.30. The molecule has 3 rings (SSSR count). The van der Waals surface area contributed by atoms with Crippen molar-refractivity contribution >= 4 is 52.7 Å². The molecule has 1 heterocycles. The normalized spacial score (nSPS) is 12.9. The summed E-state index contributed by atoms with van der Waals surface area (Å²) in [7, 11) is 0. The van der Waals surface area contributed by atoms with Gasteiger partial charge in [-0.25, -0.2) is 0 Å². The van der Waals surface area contributed by atoms with Crippen molar-refractivity contribution in [3.8, 4) is 0 Å². The fourth-order valence-corrected chi connectivity index (χ4v) is 3.74. The van der Waals surface area contributed by atoms with E-state index < -0.39 is 0 Å². The van der Waals surface area contributed by atoms with Crippen LogP contribution in [0.15, 0.2) is 46.2 Å². The maximum atomic E-state index is 11.4. The van der Waals surface area contributed by atoms with Crippen molar-refractivity contribution in [1.82, 2.24) is 0 Å². The third-order valence-electron chi connectivity index (χ3n) is 2.71. The molecule has 0 aromatic heterocycles. The second-order valence-corrected chi connectivity index (χ2v) is 5.65. The number of benzene rings is 2. The molecule has 0 atom stereocenters. The lowest BCUT2D eigenvalue weighted by Crippen LogP contribution is -2.19. The van der Waals surface area contributed by atoms with Gasteiger partial charge in [-0.3, -0.25) is 9.69 Å². The van der Waals surface area contributed by atoms with Crippen LogP contribution < -0.4 is 4.90 Å². The molecule has 0 radical (unpaired) electrons. The van der Waals surface area contributed by atoms with E-state index in [0.717, 1.165) is 16.2 Å². The van der Waals surface area contributed by atoms with Crippen LogP contribution in [0.25, 0.3) is 0 Å². The summed E-state index contributed by atoms with van der Waals surface area (Å²) in [6.45, 7) is 0. The highest BCUT2D eigenvalue weighted by Gasteiger charge is 2.26. The zero-order chi connectivity index (χ0) is 12.7. The van der Waals surface area contributed by atoms with Gasteiger partial charge in [-0.15, -0.1) is 0 Å². The molecule has 0 bridgehead atoms. The van der Waals surface area contributed by atoms with Crippen LogP contribution in [0, 0.1) is 0 Å². The Labute approximate surface area is 118 Å². The van der Waals surface area contributed by atoms with Gasteiger partial charge in [0, 0.05) is 9.79 Å². The highest BCUT2D eigenvalue weighted by molar-refractivity contribution is 7.99. The van der Waals surface area contributed by atoms with Crippen molar-refractivity contribution in [2.24, 2.45) is 0 Å². The molecule has 0 unspecified atom stereocenters. The van der Waals surface area contributed by atoms with Crippen molar-refractivity contribution in [2.75, 3.05) is 4.90 Å². The Morgan fingerprint density at radius 1 is 0.944 bits per heavy atom. The van der Waals surface area contributed by atoms with Crippen molar-refractivity contribution in [2.45, 2.75) is 9.79 Å². The average molecular weight is 296 g/mol. The van der Waals surface area contributed by atoms with Crippen LogP contribution in [-0.4, -0.2) is 6.41 Å². The zero-order valence-corrected chi connectivity index (χ0v) is 11.4. The lowest BCUT2D eigenvalue weighted by molar-refractivity contribution is -0.106. The Morgan fingerprint density at radius 2 is 1.44 bits per heavy atom. The van der Waals surface area contributed by atoms with E-state index in [2.05, 4.69) is 0 Å². The Hall–Kier alpha value is -1.16. The molecule has 0 saturated carbocycles. The second-order valence-electron chi connectivity index (χ2n) is 3.75. The van der Waals surface area contributed by atoms with Crippen LogP contribution >= 0.6 is 35.0 Å². The molecule has 2 aromatic carbocycles. The first-order chi connectivity index (χ1) is 8.72. The van der Waals surface area contributed by atoms with Gasteiger partial charge in [0.1, 0.15) is 0 Å². The Morgan fingerprint density at radius 3 is 1.89 bits per heavy atom. The molecule has 18 heavy (non-hydrogen) atoms. The summed E-state index contributed by atoms with van der Waals surface area (Å²) < 4.78 is 0. The second kappa shape index (κ2) is 4.50. The van der Waals surface area contributed by atoms with Gasteiger partial charge in [0.2, 0.25) is 6.41 Å². The molecule has 1 amide bonds. The minimum Gasteiger partial charge on any atom is -0.278 e. The van der Waals surface area contributed by atoms with E-state index in [1.807, 2.05) is 24.3 Å². The van der Waals surface area contributed by atoms with Crippen molar-refractivity contribution < 1.29 is 4.79 Å². The molecular formula is C13H7Cl2NOS. The molecule has 1 aliphatic rings. The van der Waals surface area contributed by atoms with Gasteiger partial charge in [0.05, 0.1) is 21.4 Å². The van der Waals surface area contributed by atoms with Crippen molar-refractivity contribution in [1.29, 1.82) is 0 Å². The first-order valence-electron chi connectivity index (χ1n) is 5.22. The summed E-state index contributed by atoms with van der Waals surface area (Å²) in [6.07, 6.45) is 0.745. The van der Waals surface area contributed by atoms with Crippen LogP contribution in [-0.2, 0) is 4.79 Å². The van der Waals surface area contributed by atoms with E-state index >= 15 is 0 Å². The van der Waals surface area contributed by atoms with E-state index in [4.69, 9.17) is 23.2 Å². The van der Waals surface area contributed by atoms with Gasteiger partial charge < -0.3 is 0 Å². The molecule has 1 aliphatic heterocycles. The number of hydrogen-bond acceptors (Lipinski definition) is 2. The smallest absolute Gasteiger partial charge is 0.218 e. The van der Waals surface area contributed by atoms with Crippen molar-refractivity contribution in [3.63, 3.8) is 0 Å². The number of fused-ring (bicyclic) bond motifs is 2. The molecule has 2 aromatic rings. The summed E-state index contributed by atoms with van der Waals surface area (Å²) >= 11 is 13.9. The predicted octanol–water partition coefficient (Wildman–Crippen LogP) is 4.75. The van der Waals surface area contributed by atoms with Crippen LogP contribution in [0.1, 0.15) is 0 Å². The number of nitrogens with zero attached hydrogens (tertiary/aromatic N) is 1. The highest BCUT2D eigenvalue weighted by Crippen LogP contribution is 2.52. The SMILES string of the molecule is O=CN1c2c(Cl)cccc2Sc2cccc(Cl)c21. The van der Waals surface area contributed by atoms with E-state index in [0.29, 0.717) is 21.4 Å². The molecular weight excluding hydrogens is 289 g/mol. The number of amides is 1. The fourth-order valence-electron chi connectivity index (χ4n) is 1.96. The van der Waals surface area contributed by atoms with E-state index in [1.54, 1.807) is 23.9 Å². The lowest BCUT2D eigenvalue weighted by atomic mass is 10.2. The maximum Gasteiger partial charge on any atom is 0.218 e. The molecule has 0 spiro atoms. The third kappa shape index (κ3) is 1.70. The van der Waals surface area contributed by atoms with Gasteiger partial charge in [-0.1, -0.05) is 47.1 Å². The van der Waals surface area contributed by atoms with Gasteiger partial charge in [0.25, 0.3) is 0 Å². The largest absolute Gasteiger partial charge is 0.278 e. The van der Waals surface area contributed by atoms with Gasteiger partial charge >= 0.3 is 0 Å². The quantitative estimate of drug-likeness (QED) is 0.708. The van der Waals surface area contributed by atoms with Gasteiger partial charge in [0.15, 0.2) is 0 Å². The molecule has 0 N–H and O–H groups in total. The fraction of sp³-hybridized carbons (Fsp3) is 0. The van der Waals surface area contributed by atoms with Crippen LogP contribution in [0.5, 0.6) is 0 Å². The van der Waals surface area contributed by atoms with Crippen LogP contribution in [0.2, 0.25) is 10.0 Å². The Bertz CT molecular complexity index is 593. The van der Waals surface area contributed by atoms with E-state index in [1.165, 1.54) is 4.90 Å². The number of halogens is 2.